The van der Waals surface area contributed by atoms with Crippen LogP contribution in [0, 0.1) is 10.1 Å². The first kappa shape index (κ1) is 14.0. The van der Waals surface area contributed by atoms with Crippen molar-refractivity contribution in [3.63, 3.8) is 0 Å². The highest BCUT2D eigenvalue weighted by molar-refractivity contribution is 6.32. The van der Waals surface area contributed by atoms with Crippen LogP contribution in [0.25, 0.3) is 0 Å². The zero-order valence-corrected chi connectivity index (χ0v) is 11.0. The summed E-state index contributed by atoms with van der Waals surface area (Å²) in [5, 5.41) is 24.0. The van der Waals surface area contributed by atoms with Crippen LogP contribution >= 0.6 is 11.6 Å². The van der Waals surface area contributed by atoms with Gasteiger partial charge in [-0.15, -0.1) is 0 Å². The first-order valence-electron chi connectivity index (χ1n) is 6.00. The van der Waals surface area contributed by atoms with Gasteiger partial charge in [0, 0.05) is 12.1 Å². The third-order valence-electron chi connectivity index (χ3n) is 3.16. The minimum absolute atomic E-state index is 0.0276. The first-order valence-corrected chi connectivity index (χ1v) is 6.38. The molecule has 0 amide bonds. The second-order valence-electron chi connectivity index (χ2n) is 4.63. The molecule has 0 atom stereocenters. The summed E-state index contributed by atoms with van der Waals surface area (Å²) in [4.78, 5) is 10.1. The number of rotatable bonds is 4. The van der Waals surface area contributed by atoms with E-state index in [-0.39, 0.29) is 17.3 Å². The average molecular weight is 287 g/mol. The lowest BCUT2D eigenvalue weighted by atomic mass is 9.93. The van der Waals surface area contributed by atoms with Gasteiger partial charge in [-0.3, -0.25) is 10.1 Å². The molecule has 1 fully saturated rings. The van der Waals surface area contributed by atoms with Crippen LogP contribution in [0.1, 0.15) is 12.8 Å². The second kappa shape index (κ2) is 5.73. The molecule has 0 radical (unpaired) electrons. The Morgan fingerprint density at radius 2 is 2.16 bits per heavy atom. The third kappa shape index (κ3) is 3.56. The van der Waals surface area contributed by atoms with Crippen LogP contribution in [0.3, 0.4) is 0 Å². The number of nitro groups is 1. The second-order valence-corrected chi connectivity index (χ2v) is 5.04. The van der Waals surface area contributed by atoms with Gasteiger partial charge in [-0.25, -0.2) is 0 Å². The van der Waals surface area contributed by atoms with Gasteiger partial charge in [0.25, 0.3) is 5.69 Å². The Hall–Kier alpha value is -1.37. The normalized spacial score (nSPS) is 18.0. The van der Waals surface area contributed by atoms with Crippen LogP contribution in [0.15, 0.2) is 18.2 Å². The number of nitrogens with zero attached hydrogens (tertiary/aromatic N) is 1. The molecule has 1 aliphatic heterocycles. The van der Waals surface area contributed by atoms with E-state index in [0.29, 0.717) is 18.6 Å². The molecule has 7 heteroatoms. The number of piperidine rings is 1. The molecule has 0 bridgehead atoms. The van der Waals surface area contributed by atoms with Crippen molar-refractivity contribution in [1.29, 1.82) is 0 Å². The van der Waals surface area contributed by atoms with Crippen molar-refractivity contribution in [2.75, 3.05) is 19.7 Å². The number of benzene rings is 1. The lowest BCUT2D eigenvalue weighted by Crippen LogP contribution is -2.45. The van der Waals surface area contributed by atoms with E-state index in [2.05, 4.69) is 5.32 Å². The predicted octanol–water partition coefficient (Wildman–Crippen LogP) is 1.74. The Bertz CT molecular complexity index is 475. The van der Waals surface area contributed by atoms with Crippen LogP contribution in [-0.2, 0) is 0 Å². The van der Waals surface area contributed by atoms with Gasteiger partial charge in [0.15, 0.2) is 0 Å². The molecule has 0 unspecified atom stereocenters. The Labute approximate surface area is 115 Å². The number of halogens is 1. The highest BCUT2D eigenvalue weighted by Crippen LogP contribution is 2.29. The molecule has 1 saturated heterocycles. The van der Waals surface area contributed by atoms with Gasteiger partial charge in [-0.05, 0) is 32.0 Å². The lowest BCUT2D eigenvalue weighted by Gasteiger charge is -2.32. The van der Waals surface area contributed by atoms with Gasteiger partial charge in [0.2, 0.25) is 0 Å². The number of ether oxygens (including phenoxy) is 1. The third-order valence-corrected chi connectivity index (χ3v) is 3.46. The zero-order chi connectivity index (χ0) is 13.9. The quantitative estimate of drug-likeness (QED) is 0.650. The van der Waals surface area contributed by atoms with Gasteiger partial charge in [0.1, 0.15) is 23.0 Å². The van der Waals surface area contributed by atoms with E-state index in [4.69, 9.17) is 16.3 Å². The molecule has 0 spiro atoms. The van der Waals surface area contributed by atoms with E-state index in [1.165, 1.54) is 18.2 Å². The molecule has 6 nitrogen and oxygen atoms in total. The van der Waals surface area contributed by atoms with E-state index in [0.717, 1.165) is 13.1 Å². The van der Waals surface area contributed by atoms with E-state index in [1.807, 2.05) is 0 Å². The standard InChI is InChI=1S/C12H15ClN2O4/c13-10-7-9(1-2-11(10)15(17)18)19-8-12(16)3-5-14-6-4-12/h1-2,7,14,16H,3-6,8H2. The number of nitrogens with one attached hydrogen (secondary N) is 1. The number of nitro benzene ring substituents is 1. The van der Waals surface area contributed by atoms with Gasteiger partial charge in [-0.2, -0.15) is 0 Å². The molecule has 2 rings (SSSR count). The average Bonchev–Trinajstić information content (AvgIpc) is 2.37. The fourth-order valence-electron chi connectivity index (χ4n) is 1.98. The zero-order valence-electron chi connectivity index (χ0n) is 10.3. The highest BCUT2D eigenvalue weighted by Gasteiger charge is 2.30. The van der Waals surface area contributed by atoms with Gasteiger partial charge < -0.3 is 15.2 Å². The van der Waals surface area contributed by atoms with Crippen LogP contribution in [0.5, 0.6) is 5.75 Å². The Balaban J connectivity index is 2.00. The maximum absolute atomic E-state index is 10.6. The predicted molar refractivity (Wildman–Crippen MR) is 70.7 cm³/mol. The minimum Gasteiger partial charge on any atom is -0.491 e. The van der Waals surface area contributed by atoms with Crippen molar-refractivity contribution in [2.24, 2.45) is 0 Å². The fourth-order valence-corrected chi connectivity index (χ4v) is 2.22. The van der Waals surface area contributed by atoms with Crippen LogP contribution < -0.4 is 10.1 Å². The maximum Gasteiger partial charge on any atom is 0.288 e. The topological polar surface area (TPSA) is 84.6 Å². The molecule has 0 aliphatic carbocycles. The van der Waals surface area contributed by atoms with Crippen molar-refractivity contribution in [1.82, 2.24) is 5.32 Å². The number of hydrogen-bond acceptors (Lipinski definition) is 5. The first-order chi connectivity index (χ1) is 9.00. The van der Waals surface area contributed by atoms with Crippen molar-refractivity contribution >= 4 is 17.3 Å². The lowest BCUT2D eigenvalue weighted by molar-refractivity contribution is -0.384. The minimum atomic E-state index is -0.848. The molecular formula is C12H15ClN2O4. The molecule has 2 N–H and O–H groups in total. The van der Waals surface area contributed by atoms with E-state index >= 15 is 0 Å². The summed E-state index contributed by atoms with van der Waals surface area (Å²) >= 11 is 5.79. The molecule has 104 valence electrons. The molecular weight excluding hydrogens is 272 g/mol. The molecule has 1 aliphatic rings. The number of hydrogen-bond donors (Lipinski definition) is 2. The molecule has 0 aromatic heterocycles. The van der Waals surface area contributed by atoms with Gasteiger partial charge >= 0.3 is 0 Å². The van der Waals surface area contributed by atoms with Gasteiger partial charge in [-0.1, -0.05) is 11.6 Å². The van der Waals surface area contributed by atoms with E-state index in [1.54, 1.807) is 0 Å². The van der Waals surface area contributed by atoms with Crippen LogP contribution in [0.4, 0.5) is 5.69 Å². The van der Waals surface area contributed by atoms with Crippen molar-refractivity contribution in [3.05, 3.63) is 33.3 Å². The summed E-state index contributed by atoms with van der Waals surface area (Å²) in [6.07, 6.45) is 1.24. The maximum atomic E-state index is 10.6. The smallest absolute Gasteiger partial charge is 0.288 e. The van der Waals surface area contributed by atoms with Crippen molar-refractivity contribution < 1.29 is 14.8 Å². The summed E-state index contributed by atoms with van der Waals surface area (Å²) in [7, 11) is 0. The summed E-state index contributed by atoms with van der Waals surface area (Å²) < 4.78 is 5.48. The fraction of sp³-hybridized carbons (Fsp3) is 0.500. The monoisotopic (exact) mass is 286 g/mol. The molecule has 19 heavy (non-hydrogen) atoms. The summed E-state index contributed by atoms with van der Waals surface area (Å²) in [6, 6.07) is 4.17. The molecule has 1 heterocycles. The largest absolute Gasteiger partial charge is 0.491 e. The summed E-state index contributed by atoms with van der Waals surface area (Å²) in [5.74, 6) is 0.419. The Morgan fingerprint density at radius 3 is 2.74 bits per heavy atom. The summed E-state index contributed by atoms with van der Waals surface area (Å²) in [6.45, 7) is 1.66. The molecule has 1 aromatic rings. The highest BCUT2D eigenvalue weighted by atomic mass is 35.5. The van der Waals surface area contributed by atoms with Gasteiger partial charge in [0.05, 0.1) is 4.92 Å². The SMILES string of the molecule is O=[N+]([O-])c1ccc(OCC2(O)CCNCC2)cc1Cl. The molecule has 1 aromatic carbocycles. The number of aliphatic hydroxyl groups is 1. The Morgan fingerprint density at radius 1 is 1.47 bits per heavy atom. The van der Waals surface area contributed by atoms with Crippen LogP contribution in [0.2, 0.25) is 5.02 Å². The summed E-state index contributed by atoms with van der Waals surface area (Å²) in [5.41, 5.74) is -1.01. The van der Waals surface area contributed by atoms with Crippen molar-refractivity contribution in [2.45, 2.75) is 18.4 Å². The van der Waals surface area contributed by atoms with E-state index < -0.39 is 10.5 Å². The van der Waals surface area contributed by atoms with E-state index in [9.17, 15) is 15.2 Å². The Kier molecular flexibility index (Phi) is 4.24. The van der Waals surface area contributed by atoms with Crippen LogP contribution in [-0.4, -0.2) is 35.3 Å². The molecule has 0 saturated carbocycles. The van der Waals surface area contributed by atoms with Crippen molar-refractivity contribution in [3.8, 4) is 5.75 Å².